The molecule has 0 aliphatic heterocycles. The lowest BCUT2D eigenvalue weighted by Gasteiger charge is -2.14. The van der Waals surface area contributed by atoms with Gasteiger partial charge in [-0.1, -0.05) is 0 Å². The second-order valence-electron chi connectivity index (χ2n) is 3.09. The first-order valence-corrected chi connectivity index (χ1v) is 6.03. The zero-order valence-electron chi connectivity index (χ0n) is 9.88. The molecule has 0 saturated heterocycles. The van der Waals surface area contributed by atoms with E-state index < -0.39 is 18.1 Å². The minimum absolute atomic E-state index is 0.0831. The summed E-state index contributed by atoms with van der Waals surface area (Å²) in [5.74, 6) is -1.81. The molecule has 0 spiro atoms. The second kappa shape index (κ2) is 6.26. The zero-order chi connectivity index (χ0) is 14.6. The van der Waals surface area contributed by atoms with E-state index in [1.807, 2.05) is 0 Å². The van der Waals surface area contributed by atoms with Crippen molar-refractivity contribution in [1.29, 1.82) is 0 Å². The van der Waals surface area contributed by atoms with Crippen LogP contribution in [0.15, 0.2) is 6.20 Å². The van der Waals surface area contributed by atoms with Crippen LogP contribution in [0.5, 0.6) is 11.6 Å². The SMILES string of the molecule is CCOC(=O)c1cnc(OC)c(OC(F)(F)F)c1I. The standard InChI is InChI=1S/C10H9F3INO4/c1-3-18-9(16)5-4-15-8(17-2)7(6(5)14)19-10(11,12)13/h4H,3H2,1-2H3. The fourth-order valence-corrected chi connectivity index (χ4v) is 1.86. The molecule has 106 valence electrons. The number of carbonyl (C=O) groups excluding carboxylic acids is 1. The molecule has 1 aromatic rings. The van der Waals surface area contributed by atoms with Gasteiger partial charge in [0.05, 0.1) is 22.9 Å². The average Bonchev–Trinajstić information content (AvgIpc) is 2.30. The molecule has 9 heteroatoms. The summed E-state index contributed by atoms with van der Waals surface area (Å²) in [5.41, 5.74) is -0.123. The first kappa shape index (κ1) is 15.8. The lowest BCUT2D eigenvalue weighted by molar-refractivity contribution is -0.275. The van der Waals surface area contributed by atoms with E-state index in [1.54, 1.807) is 6.92 Å². The predicted molar refractivity (Wildman–Crippen MR) is 66.1 cm³/mol. The number of esters is 1. The number of methoxy groups -OCH3 is 1. The molecular formula is C10H9F3INO4. The van der Waals surface area contributed by atoms with Crippen LogP contribution in [0, 0.1) is 3.57 Å². The summed E-state index contributed by atoms with van der Waals surface area (Å²) < 4.78 is 50.0. The number of halogens is 4. The van der Waals surface area contributed by atoms with Gasteiger partial charge in [0.2, 0.25) is 5.75 Å². The summed E-state index contributed by atoms with van der Waals surface area (Å²) in [5, 5.41) is 0. The van der Waals surface area contributed by atoms with Gasteiger partial charge in [0, 0.05) is 6.20 Å². The van der Waals surface area contributed by atoms with E-state index in [1.165, 1.54) is 22.6 Å². The Morgan fingerprint density at radius 2 is 2.11 bits per heavy atom. The van der Waals surface area contributed by atoms with E-state index in [0.29, 0.717) is 0 Å². The van der Waals surface area contributed by atoms with Gasteiger partial charge in [-0.25, -0.2) is 9.78 Å². The van der Waals surface area contributed by atoms with Crippen LogP contribution in [0.1, 0.15) is 17.3 Å². The van der Waals surface area contributed by atoms with Crippen LogP contribution in [0.4, 0.5) is 13.2 Å². The highest BCUT2D eigenvalue weighted by atomic mass is 127. The minimum Gasteiger partial charge on any atom is -0.478 e. The molecule has 19 heavy (non-hydrogen) atoms. The topological polar surface area (TPSA) is 57.7 Å². The van der Waals surface area contributed by atoms with Crippen molar-refractivity contribution in [2.75, 3.05) is 13.7 Å². The third-order valence-electron chi connectivity index (χ3n) is 1.85. The monoisotopic (exact) mass is 391 g/mol. The Labute approximate surface area is 120 Å². The van der Waals surface area contributed by atoms with Crippen molar-refractivity contribution >= 4 is 28.6 Å². The third kappa shape index (κ3) is 4.11. The molecule has 0 N–H and O–H groups in total. The van der Waals surface area contributed by atoms with Gasteiger partial charge in [-0.15, -0.1) is 13.2 Å². The molecule has 1 heterocycles. The Hall–Kier alpha value is -1.26. The van der Waals surface area contributed by atoms with Crippen molar-refractivity contribution in [3.8, 4) is 11.6 Å². The Bertz CT molecular complexity index is 479. The van der Waals surface area contributed by atoms with Crippen LogP contribution in [0.2, 0.25) is 0 Å². The second-order valence-corrected chi connectivity index (χ2v) is 4.17. The molecule has 0 unspecified atom stereocenters. The van der Waals surface area contributed by atoms with Gasteiger partial charge in [0.25, 0.3) is 5.88 Å². The number of nitrogens with zero attached hydrogens (tertiary/aromatic N) is 1. The van der Waals surface area contributed by atoms with Gasteiger partial charge >= 0.3 is 12.3 Å². The first-order valence-electron chi connectivity index (χ1n) is 4.95. The van der Waals surface area contributed by atoms with Crippen LogP contribution >= 0.6 is 22.6 Å². The number of aromatic nitrogens is 1. The van der Waals surface area contributed by atoms with E-state index in [9.17, 15) is 18.0 Å². The van der Waals surface area contributed by atoms with Crippen LogP contribution < -0.4 is 9.47 Å². The van der Waals surface area contributed by atoms with Crippen molar-refractivity contribution in [1.82, 2.24) is 4.98 Å². The lowest BCUT2D eigenvalue weighted by Crippen LogP contribution is -2.20. The van der Waals surface area contributed by atoms with Crippen molar-refractivity contribution in [2.45, 2.75) is 13.3 Å². The third-order valence-corrected chi connectivity index (χ3v) is 2.92. The maximum absolute atomic E-state index is 12.3. The van der Waals surface area contributed by atoms with Gasteiger partial charge in [0.1, 0.15) is 0 Å². The van der Waals surface area contributed by atoms with Crippen LogP contribution in [-0.2, 0) is 4.74 Å². The number of rotatable bonds is 4. The van der Waals surface area contributed by atoms with Gasteiger partial charge in [0.15, 0.2) is 0 Å². The highest BCUT2D eigenvalue weighted by Crippen LogP contribution is 2.36. The van der Waals surface area contributed by atoms with Crippen LogP contribution in [0.25, 0.3) is 0 Å². The van der Waals surface area contributed by atoms with E-state index in [4.69, 9.17) is 4.74 Å². The molecule has 0 fully saturated rings. The first-order chi connectivity index (χ1) is 8.80. The number of pyridine rings is 1. The summed E-state index contributed by atoms with van der Waals surface area (Å²) in [6.07, 6.45) is -3.84. The molecule has 0 aliphatic rings. The largest absolute Gasteiger partial charge is 0.573 e. The van der Waals surface area contributed by atoms with Crippen molar-refractivity contribution < 1.29 is 32.2 Å². The summed E-state index contributed by atoms with van der Waals surface area (Å²) in [6.45, 7) is 1.67. The Kier molecular flexibility index (Phi) is 5.20. The van der Waals surface area contributed by atoms with E-state index in [0.717, 1.165) is 13.3 Å². The van der Waals surface area contributed by atoms with Crippen LogP contribution in [-0.4, -0.2) is 31.0 Å². The van der Waals surface area contributed by atoms with E-state index in [-0.39, 0.29) is 21.6 Å². The highest BCUT2D eigenvalue weighted by Gasteiger charge is 2.35. The normalized spacial score (nSPS) is 11.1. The Morgan fingerprint density at radius 3 is 2.58 bits per heavy atom. The molecule has 1 aromatic heterocycles. The average molecular weight is 391 g/mol. The molecule has 5 nitrogen and oxygen atoms in total. The fourth-order valence-electron chi connectivity index (χ4n) is 1.16. The summed E-state index contributed by atoms with van der Waals surface area (Å²) >= 11 is 1.54. The summed E-state index contributed by atoms with van der Waals surface area (Å²) in [7, 11) is 1.14. The molecular weight excluding hydrogens is 382 g/mol. The number of hydrogen-bond donors (Lipinski definition) is 0. The molecule has 0 amide bonds. The molecule has 0 aromatic carbocycles. The van der Waals surface area contributed by atoms with Gasteiger partial charge < -0.3 is 14.2 Å². The molecule has 0 radical (unpaired) electrons. The lowest BCUT2D eigenvalue weighted by atomic mass is 10.3. The maximum Gasteiger partial charge on any atom is 0.573 e. The Balaban J connectivity index is 3.25. The minimum atomic E-state index is -4.91. The van der Waals surface area contributed by atoms with Crippen LogP contribution in [0.3, 0.4) is 0 Å². The number of ether oxygens (including phenoxy) is 3. The highest BCUT2D eigenvalue weighted by molar-refractivity contribution is 14.1. The summed E-state index contributed by atoms with van der Waals surface area (Å²) in [4.78, 5) is 15.1. The van der Waals surface area contributed by atoms with Crippen molar-refractivity contribution in [2.24, 2.45) is 0 Å². The van der Waals surface area contributed by atoms with Gasteiger partial charge in [-0.3, -0.25) is 0 Å². The fraction of sp³-hybridized carbons (Fsp3) is 0.400. The number of carbonyl (C=O) groups is 1. The molecule has 0 saturated carbocycles. The summed E-state index contributed by atoms with van der Waals surface area (Å²) in [6, 6.07) is 0. The van der Waals surface area contributed by atoms with Gasteiger partial charge in [-0.05, 0) is 29.5 Å². The van der Waals surface area contributed by atoms with Crippen molar-refractivity contribution in [3.05, 3.63) is 15.3 Å². The molecule has 0 atom stereocenters. The van der Waals surface area contributed by atoms with E-state index in [2.05, 4.69) is 14.5 Å². The van der Waals surface area contributed by atoms with Crippen molar-refractivity contribution in [3.63, 3.8) is 0 Å². The van der Waals surface area contributed by atoms with Gasteiger partial charge in [-0.2, -0.15) is 0 Å². The predicted octanol–water partition coefficient (Wildman–Crippen LogP) is 2.77. The smallest absolute Gasteiger partial charge is 0.478 e. The quantitative estimate of drug-likeness (QED) is 0.584. The Morgan fingerprint density at radius 1 is 1.47 bits per heavy atom. The molecule has 1 rings (SSSR count). The molecule has 0 aliphatic carbocycles. The number of alkyl halides is 3. The number of hydrogen-bond acceptors (Lipinski definition) is 5. The van der Waals surface area contributed by atoms with E-state index >= 15 is 0 Å². The maximum atomic E-state index is 12.3. The zero-order valence-corrected chi connectivity index (χ0v) is 12.0. The molecule has 0 bridgehead atoms.